The van der Waals surface area contributed by atoms with Crippen molar-refractivity contribution >= 4 is 22.8 Å². The lowest BCUT2D eigenvalue weighted by Crippen LogP contribution is -1.84. The second kappa shape index (κ2) is 21.9. The molecule has 0 aromatic carbocycles. The molecule has 22 heavy (non-hydrogen) atoms. The molecule has 0 spiro atoms. The van der Waals surface area contributed by atoms with Gasteiger partial charge in [-0.3, -0.25) is 0 Å². The summed E-state index contributed by atoms with van der Waals surface area (Å²) in [6.45, 7) is 2.30. The topological polar surface area (TPSA) is 0 Å². The van der Waals surface area contributed by atoms with Crippen LogP contribution in [-0.4, -0.2) is 6.16 Å². The lowest BCUT2D eigenvalue weighted by molar-refractivity contribution is 0.526. The van der Waals surface area contributed by atoms with Crippen molar-refractivity contribution in [1.29, 1.82) is 0 Å². The van der Waals surface area contributed by atoms with Crippen LogP contribution in [0.15, 0.2) is 0 Å². The zero-order chi connectivity index (χ0) is 16.1. The van der Waals surface area contributed by atoms with E-state index < -0.39 is 0 Å². The highest BCUT2D eigenvalue weighted by Crippen LogP contribution is 2.21. The second-order valence-electron chi connectivity index (χ2n) is 6.89. The first-order valence-corrected chi connectivity index (χ1v) is 13.7. The predicted molar refractivity (Wildman–Crippen MR) is 111 cm³/mol. The predicted octanol–water partition coefficient (Wildman–Crippen LogP) is 9.02. The van der Waals surface area contributed by atoms with Crippen LogP contribution in [-0.2, 0) is 0 Å². The minimum atomic E-state index is 0.981. The largest absolute Gasteiger partial charge is 0.0654 e. The van der Waals surface area contributed by atoms with Gasteiger partial charge in [0, 0.05) is 0 Å². The Labute approximate surface area is 151 Å². The fourth-order valence-corrected chi connectivity index (χ4v) is 4.32. The summed E-state index contributed by atoms with van der Waals surface area (Å²) >= 11 is 3.53. The molecule has 0 amide bonds. The fourth-order valence-electron chi connectivity index (χ4n) is 3.09. The van der Waals surface area contributed by atoms with Crippen molar-refractivity contribution in [2.45, 2.75) is 122 Å². The first kappa shape index (κ1) is 22.9. The molecular formula is C20H42BrP. The molecule has 0 radical (unpaired) electrons. The van der Waals surface area contributed by atoms with E-state index in [1.54, 1.807) is 0 Å². The van der Waals surface area contributed by atoms with Crippen LogP contribution in [0.4, 0.5) is 0 Å². The molecule has 134 valence electrons. The Morgan fingerprint density at radius 3 is 1.00 bits per heavy atom. The summed E-state index contributed by atoms with van der Waals surface area (Å²) in [6.07, 6.45) is 27.8. The first-order chi connectivity index (χ1) is 10.9. The van der Waals surface area contributed by atoms with Crippen LogP contribution in [0, 0.1) is 0 Å². The standard InChI is InChI=1S/C20H42BrP/c1-2-3-4-5-6-7-8-9-10-11-12-13-14-15-16-17-18-19-20-22-21/h22H,2-20H2,1H3. The van der Waals surface area contributed by atoms with Gasteiger partial charge in [0.25, 0.3) is 0 Å². The average Bonchev–Trinajstić information content (AvgIpc) is 2.54. The van der Waals surface area contributed by atoms with Gasteiger partial charge in [0.1, 0.15) is 0 Å². The van der Waals surface area contributed by atoms with Crippen molar-refractivity contribution in [3.8, 4) is 0 Å². The zero-order valence-corrected chi connectivity index (χ0v) is 17.9. The van der Waals surface area contributed by atoms with Crippen molar-refractivity contribution in [3.05, 3.63) is 0 Å². The molecule has 0 heterocycles. The lowest BCUT2D eigenvalue weighted by atomic mass is 10.0. The van der Waals surface area contributed by atoms with Gasteiger partial charge in [-0.25, -0.2) is 0 Å². The third-order valence-electron chi connectivity index (χ3n) is 4.62. The van der Waals surface area contributed by atoms with Gasteiger partial charge < -0.3 is 0 Å². The molecular weight excluding hydrogens is 351 g/mol. The number of hydrogen-bond acceptors (Lipinski definition) is 0. The molecule has 0 aromatic heterocycles. The van der Waals surface area contributed by atoms with Crippen molar-refractivity contribution in [2.75, 3.05) is 6.16 Å². The lowest BCUT2D eigenvalue weighted by Gasteiger charge is -2.03. The maximum Gasteiger partial charge on any atom is -0.0255 e. The first-order valence-electron chi connectivity index (χ1n) is 10.2. The van der Waals surface area contributed by atoms with Crippen molar-refractivity contribution in [3.63, 3.8) is 0 Å². The minimum Gasteiger partial charge on any atom is -0.0654 e. The summed E-state index contributed by atoms with van der Waals surface area (Å²) in [5.74, 6) is 0. The van der Waals surface area contributed by atoms with Gasteiger partial charge in [0.2, 0.25) is 0 Å². The molecule has 1 atom stereocenters. The summed E-state index contributed by atoms with van der Waals surface area (Å²) in [6, 6.07) is 0. The van der Waals surface area contributed by atoms with Gasteiger partial charge in [-0.15, -0.1) is 0 Å². The molecule has 0 nitrogen and oxygen atoms in total. The highest BCUT2D eigenvalue weighted by Gasteiger charge is 1.94. The molecule has 1 unspecified atom stereocenters. The molecule has 0 bridgehead atoms. The SMILES string of the molecule is CCCCCCCCCCCCCCCCCCCCPBr. The number of rotatable bonds is 19. The Bertz CT molecular complexity index is 165. The van der Waals surface area contributed by atoms with Crippen molar-refractivity contribution < 1.29 is 0 Å². The maximum atomic E-state index is 3.53. The van der Waals surface area contributed by atoms with Gasteiger partial charge in [0.15, 0.2) is 0 Å². The van der Waals surface area contributed by atoms with E-state index in [9.17, 15) is 0 Å². The Hall–Kier alpha value is 0.910. The van der Waals surface area contributed by atoms with Gasteiger partial charge in [-0.05, 0) is 12.6 Å². The third kappa shape index (κ3) is 20.9. The van der Waals surface area contributed by atoms with Gasteiger partial charge >= 0.3 is 0 Å². The normalized spacial score (nSPS) is 11.7. The maximum absolute atomic E-state index is 3.53. The van der Waals surface area contributed by atoms with Gasteiger partial charge in [-0.1, -0.05) is 139 Å². The summed E-state index contributed by atoms with van der Waals surface area (Å²) in [5.41, 5.74) is 0. The molecule has 0 saturated heterocycles. The van der Waals surface area contributed by atoms with E-state index in [2.05, 4.69) is 22.4 Å². The van der Waals surface area contributed by atoms with E-state index in [4.69, 9.17) is 0 Å². The molecule has 0 aliphatic carbocycles. The monoisotopic (exact) mass is 392 g/mol. The highest BCUT2D eigenvalue weighted by atomic mass is 79.9. The van der Waals surface area contributed by atoms with Crippen LogP contribution in [0.5, 0.6) is 0 Å². The molecule has 0 saturated carbocycles. The van der Waals surface area contributed by atoms with Crippen molar-refractivity contribution in [1.82, 2.24) is 0 Å². The van der Waals surface area contributed by atoms with E-state index in [1.807, 2.05) is 0 Å². The number of unbranched alkanes of at least 4 members (excludes halogenated alkanes) is 17. The van der Waals surface area contributed by atoms with Crippen LogP contribution >= 0.6 is 22.8 Å². The van der Waals surface area contributed by atoms with E-state index in [-0.39, 0.29) is 0 Å². The molecule has 0 N–H and O–H groups in total. The van der Waals surface area contributed by atoms with Crippen LogP contribution in [0.2, 0.25) is 0 Å². The molecule has 0 aliphatic heterocycles. The van der Waals surface area contributed by atoms with Crippen LogP contribution in [0.3, 0.4) is 0 Å². The summed E-state index contributed by atoms with van der Waals surface area (Å²) < 4.78 is 0. The molecule has 2 heteroatoms. The summed E-state index contributed by atoms with van der Waals surface area (Å²) in [7, 11) is 0.981. The minimum absolute atomic E-state index is 0.981. The van der Waals surface area contributed by atoms with Crippen LogP contribution in [0.1, 0.15) is 122 Å². The smallest absolute Gasteiger partial charge is 0.0255 e. The van der Waals surface area contributed by atoms with Crippen LogP contribution in [0.25, 0.3) is 0 Å². The zero-order valence-electron chi connectivity index (χ0n) is 15.3. The van der Waals surface area contributed by atoms with E-state index in [0.717, 1.165) is 7.28 Å². The third-order valence-corrected chi connectivity index (χ3v) is 6.36. The Kier molecular flexibility index (Phi) is 22.8. The molecule has 0 aromatic rings. The quantitative estimate of drug-likeness (QED) is 0.152. The number of hydrogen-bond donors (Lipinski definition) is 0. The Morgan fingerprint density at radius 1 is 0.455 bits per heavy atom. The van der Waals surface area contributed by atoms with E-state index >= 15 is 0 Å². The van der Waals surface area contributed by atoms with Crippen LogP contribution < -0.4 is 0 Å². The molecule has 0 fully saturated rings. The molecule has 0 aliphatic rings. The molecule has 0 rings (SSSR count). The average molecular weight is 393 g/mol. The Morgan fingerprint density at radius 2 is 0.727 bits per heavy atom. The highest BCUT2D eigenvalue weighted by molar-refractivity contribution is 9.36. The second-order valence-corrected chi connectivity index (χ2v) is 9.34. The van der Waals surface area contributed by atoms with Crippen molar-refractivity contribution in [2.24, 2.45) is 0 Å². The fraction of sp³-hybridized carbons (Fsp3) is 1.00. The number of halogens is 1. The summed E-state index contributed by atoms with van der Waals surface area (Å²) in [5, 5.41) is 0. The van der Waals surface area contributed by atoms with Gasteiger partial charge in [0.05, 0.1) is 0 Å². The van der Waals surface area contributed by atoms with E-state index in [1.165, 1.54) is 122 Å². The Balaban J connectivity index is 2.91. The van der Waals surface area contributed by atoms with E-state index in [0.29, 0.717) is 0 Å². The summed E-state index contributed by atoms with van der Waals surface area (Å²) in [4.78, 5) is 0. The van der Waals surface area contributed by atoms with Gasteiger partial charge in [-0.2, -0.15) is 0 Å².